The standard InChI is InChI=1S/C17H26BrN5O3/c1-17(2,3)26-16(24)20-7-6-19-15-22-9-13(10-23-15)25-11-12-4-5-14(18)21-8-12/h8-9,13H,4-7,10-11H2,1-3H3,(H,19,23)(H,20,24). The van der Waals surface area contributed by atoms with Gasteiger partial charge in [-0.25, -0.2) is 14.8 Å². The van der Waals surface area contributed by atoms with Crippen molar-refractivity contribution in [2.45, 2.75) is 45.3 Å². The predicted octanol–water partition coefficient (Wildman–Crippen LogP) is 2.40. The molecule has 0 radical (unpaired) electrons. The third-order valence-electron chi connectivity index (χ3n) is 3.38. The molecule has 2 rings (SSSR count). The van der Waals surface area contributed by atoms with Gasteiger partial charge >= 0.3 is 6.09 Å². The number of carbonyl (C=O) groups is 1. The second-order valence-electron chi connectivity index (χ2n) is 6.94. The molecule has 1 unspecified atom stereocenters. The minimum absolute atomic E-state index is 0.129. The van der Waals surface area contributed by atoms with E-state index in [1.165, 1.54) is 5.57 Å². The van der Waals surface area contributed by atoms with E-state index in [1.807, 2.05) is 27.0 Å². The Labute approximate surface area is 162 Å². The smallest absolute Gasteiger partial charge is 0.407 e. The van der Waals surface area contributed by atoms with E-state index >= 15 is 0 Å². The first-order valence-electron chi connectivity index (χ1n) is 8.63. The van der Waals surface area contributed by atoms with Crippen LogP contribution in [0.25, 0.3) is 0 Å². The molecule has 0 spiro atoms. The molecule has 0 bridgehead atoms. The van der Waals surface area contributed by atoms with Crippen molar-refractivity contribution in [3.8, 4) is 0 Å². The zero-order valence-corrected chi connectivity index (χ0v) is 17.0. The number of alkyl carbamates (subject to hydrolysis) is 1. The Bertz CT molecular complexity index is 622. The summed E-state index contributed by atoms with van der Waals surface area (Å²) in [6.07, 6.45) is 4.90. The summed E-state index contributed by atoms with van der Waals surface area (Å²) in [4.78, 5) is 24.4. The Kier molecular flexibility index (Phi) is 7.77. The van der Waals surface area contributed by atoms with E-state index in [1.54, 1.807) is 6.21 Å². The van der Waals surface area contributed by atoms with E-state index < -0.39 is 11.7 Å². The Morgan fingerprint density at radius 1 is 1.35 bits per heavy atom. The average Bonchev–Trinajstić information content (AvgIpc) is 2.58. The van der Waals surface area contributed by atoms with Crippen LogP contribution in [0.15, 0.2) is 26.8 Å². The lowest BCUT2D eigenvalue weighted by atomic mass is 10.1. The summed E-state index contributed by atoms with van der Waals surface area (Å²) in [5.74, 6) is 0.543. The van der Waals surface area contributed by atoms with Gasteiger partial charge in [-0.05, 0) is 48.7 Å². The molecule has 26 heavy (non-hydrogen) atoms. The normalized spacial score (nSPS) is 20.0. The number of aliphatic imine (C=N–C) groups is 3. The molecule has 0 saturated heterocycles. The van der Waals surface area contributed by atoms with Gasteiger partial charge in [-0.3, -0.25) is 4.99 Å². The van der Waals surface area contributed by atoms with Crippen molar-refractivity contribution in [3.05, 3.63) is 11.8 Å². The van der Waals surface area contributed by atoms with Gasteiger partial charge in [-0.2, -0.15) is 0 Å². The highest BCUT2D eigenvalue weighted by molar-refractivity contribution is 9.18. The maximum absolute atomic E-state index is 11.5. The van der Waals surface area contributed by atoms with Crippen LogP contribution in [-0.4, -0.2) is 60.8 Å². The summed E-state index contributed by atoms with van der Waals surface area (Å²) in [5.41, 5.74) is 0.670. The van der Waals surface area contributed by atoms with Gasteiger partial charge in [0.2, 0.25) is 5.96 Å². The Morgan fingerprint density at radius 3 is 2.77 bits per heavy atom. The first-order valence-corrected chi connectivity index (χ1v) is 9.42. The Morgan fingerprint density at radius 2 is 2.15 bits per heavy atom. The van der Waals surface area contributed by atoms with Gasteiger partial charge in [0.15, 0.2) is 0 Å². The topological polar surface area (TPSA) is 96.7 Å². The van der Waals surface area contributed by atoms with Crippen LogP contribution in [0.3, 0.4) is 0 Å². The van der Waals surface area contributed by atoms with Crippen LogP contribution >= 0.6 is 15.9 Å². The molecule has 0 aromatic carbocycles. The van der Waals surface area contributed by atoms with Crippen LogP contribution < -0.4 is 10.6 Å². The fraction of sp³-hybridized carbons (Fsp3) is 0.647. The van der Waals surface area contributed by atoms with Gasteiger partial charge < -0.3 is 20.1 Å². The quantitative estimate of drug-likeness (QED) is 0.635. The number of hydrogen-bond acceptors (Lipinski definition) is 7. The zero-order chi connectivity index (χ0) is 19.0. The van der Waals surface area contributed by atoms with Crippen LogP contribution in [0.1, 0.15) is 33.6 Å². The minimum Gasteiger partial charge on any atom is -0.444 e. The van der Waals surface area contributed by atoms with E-state index in [4.69, 9.17) is 9.47 Å². The number of nitrogens with zero attached hydrogens (tertiary/aromatic N) is 3. The highest BCUT2D eigenvalue weighted by atomic mass is 79.9. The third-order valence-corrected chi connectivity index (χ3v) is 3.98. The maximum Gasteiger partial charge on any atom is 0.407 e. The molecule has 0 aromatic rings. The number of guanidine groups is 1. The second kappa shape index (κ2) is 9.82. The lowest BCUT2D eigenvalue weighted by Crippen LogP contribution is -2.38. The van der Waals surface area contributed by atoms with Crippen molar-refractivity contribution < 1.29 is 14.3 Å². The fourth-order valence-corrected chi connectivity index (χ4v) is 2.45. The van der Waals surface area contributed by atoms with Crippen molar-refractivity contribution in [1.29, 1.82) is 0 Å². The number of rotatable bonds is 6. The molecule has 0 aromatic heterocycles. The van der Waals surface area contributed by atoms with E-state index in [0.717, 1.165) is 17.5 Å². The van der Waals surface area contributed by atoms with E-state index in [2.05, 4.69) is 41.5 Å². The Hall–Kier alpha value is -1.74. The van der Waals surface area contributed by atoms with Crippen LogP contribution in [-0.2, 0) is 9.47 Å². The van der Waals surface area contributed by atoms with Gasteiger partial charge in [0, 0.05) is 31.9 Å². The Balaban J connectivity index is 1.59. The molecule has 0 fully saturated rings. The number of halogens is 1. The number of hydrogen-bond donors (Lipinski definition) is 2. The molecule has 9 heteroatoms. The summed E-state index contributed by atoms with van der Waals surface area (Å²) in [7, 11) is 0. The van der Waals surface area contributed by atoms with Gasteiger partial charge in [0.1, 0.15) is 11.7 Å². The molecule has 8 nitrogen and oxygen atoms in total. The first kappa shape index (κ1) is 20.6. The molecule has 2 aliphatic heterocycles. The highest BCUT2D eigenvalue weighted by Crippen LogP contribution is 2.16. The summed E-state index contributed by atoms with van der Waals surface area (Å²) in [6, 6.07) is 0. The third kappa shape index (κ3) is 8.09. The van der Waals surface area contributed by atoms with Crippen LogP contribution in [0, 0.1) is 0 Å². The number of ether oxygens (including phenoxy) is 2. The van der Waals surface area contributed by atoms with Crippen molar-refractivity contribution in [2.24, 2.45) is 15.0 Å². The van der Waals surface area contributed by atoms with Crippen LogP contribution in [0.5, 0.6) is 0 Å². The van der Waals surface area contributed by atoms with Crippen LogP contribution in [0.2, 0.25) is 0 Å². The predicted molar refractivity (Wildman–Crippen MR) is 106 cm³/mol. The van der Waals surface area contributed by atoms with Crippen molar-refractivity contribution in [1.82, 2.24) is 10.6 Å². The van der Waals surface area contributed by atoms with E-state index in [0.29, 0.717) is 32.2 Å². The van der Waals surface area contributed by atoms with Crippen molar-refractivity contribution >= 4 is 38.8 Å². The SMILES string of the molecule is CC(C)(C)OC(=O)NCCNC1=NCC(OCC2=CN=C(Br)CC2)C=N1. The summed E-state index contributed by atoms with van der Waals surface area (Å²) < 4.78 is 11.9. The number of carbonyl (C=O) groups excluding carboxylic acids is 1. The van der Waals surface area contributed by atoms with Gasteiger partial charge in [-0.1, -0.05) is 0 Å². The molecule has 1 atom stereocenters. The largest absolute Gasteiger partial charge is 0.444 e. The molecule has 2 aliphatic rings. The first-order chi connectivity index (χ1) is 12.3. The molecule has 2 N–H and O–H groups in total. The molecule has 1 amide bonds. The summed E-state index contributed by atoms with van der Waals surface area (Å²) in [6.45, 7) is 7.47. The van der Waals surface area contributed by atoms with Crippen LogP contribution in [0.4, 0.5) is 4.79 Å². The van der Waals surface area contributed by atoms with Crippen molar-refractivity contribution in [3.63, 3.8) is 0 Å². The van der Waals surface area contributed by atoms with E-state index in [-0.39, 0.29) is 6.10 Å². The van der Waals surface area contributed by atoms with Gasteiger partial charge in [0.05, 0.1) is 17.8 Å². The maximum atomic E-state index is 11.5. The molecule has 2 heterocycles. The van der Waals surface area contributed by atoms with Crippen molar-refractivity contribution in [2.75, 3.05) is 26.2 Å². The van der Waals surface area contributed by atoms with E-state index in [9.17, 15) is 4.79 Å². The molecule has 0 saturated carbocycles. The fourth-order valence-electron chi connectivity index (χ4n) is 2.15. The lowest BCUT2D eigenvalue weighted by molar-refractivity contribution is 0.0529. The summed E-state index contributed by atoms with van der Waals surface area (Å²) in [5, 5.41) is 5.73. The lowest BCUT2D eigenvalue weighted by Gasteiger charge is -2.20. The second-order valence-corrected chi connectivity index (χ2v) is 7.86. The van der Waals surface area contributed by atoms with Gasteiger partial charge in [0.25, 0.3) is 0 Å². The van der Waals surface area contributed by atoms with Gasteiger partial charge in [-0.15, -0.1) is 0 Å². The number of nitrogens with one attached hydrogen (secondary N) is 2. The number of amides is 1. The zero-order valence-electron chi connectivity index (χ0n) is 15.4. The summed E-state index contributed by atoms with van der Waals surface area (Å²) >= 11 is 3.38. The highest BCUT2D eigenvalue weighted by Gasteiger charge is 2.16. The minimum atomic E-state index is -0.499. The molecular formula is C17H26BrN5O3. The average molecular weight is 428 g/mol. The molecular weight excluding hydrogens is 402 g/mol. The molecule has 144 valence electrons. The monoisotopic (exact) mass is 427 g/mol. The molecule has 0 aliphatic carbocycles.